The molecular weight excluding hydrogens is 432 g/mol. The Bertz CT molecular complexity index is 1250. The van der Waals surface area contributed by atoms with E-state index in [9.17, 15) is 0 Å². The molecule has 2 N–H and O–H groups in total. The van der Waals surface area contributed by atoms with Crippen LogP contribution >= 0.6 is 0 Å². The van der Waals surface area contributed by atoms with Crippen LogP contribution in [0, 0.1) is 0 Å². The standard InChI is InChI=1S/C24H26N8O2/c1-3-18(34-19-14-26-24(27-15-19)32-7-5-25-6-8-32)4-2-17(1)21-13-20-22(30-21)28-16-29-23(20)31-9-11-33-12-10-31/h1-4,13-16,25H,5-12H2,(H,28,29,30). The van der Waals surface area contributed by atoms with E-state index >= 15 is 0 Å². The summed E-state index contributed by atoms with van der Waals surface area (Å²) in [7, 11) is 0. The van der Waals surface area contributed by atoms with Crippen LogP contribution in [0.5, 0.6) is 11.5 Å². The molecule has 0 radical (unpaired) electrons. The quantitative estimate of drug-likeness (QED) is 0.467. The number of rotatable bonds is 5. The summed E-state index contributed by atoms with van der Waals surface area (Å²) in [6.07, 6.45) is 5.06. The van der Waals surface area contributed by atoms with Crippen molar-refractivity contribution in [2.24, 2.45) is 0 Å². The fourth-order valence-electron chi connectivity index (χ4n) is 4.34. The van der Waals surface area contributed by atoms with Gasteiger partial charge in [0.2, 0.25) is 5.95 Å². The van der Waals surface area contributed by atoms with Gasteiger partial charge in [-0.1, -0.05) is 0 Å². The SMILES string of the molecule is c1nc(N2CCOCC2)c2cc(-c3ccc(Oc4cnc(N5CCNCC5)nc4)cc3)[nH]c2n1. The van der Waals surface area contributed by atoms with E-state index in [1.54, 1.807) is 18.7 Å². The molecule has 10 heteroatoms. The predicted octanol–water partition coefficient (Wildman–Crippen LogP) is 2.45. The molecule has 0 aliphatic carbocycles. The van der Waals surface area contributed by atoms with Crippen LogP contribution in [-0.2, 0) is 4.74 Å². The summed E-state index contributed by atoms with van der Waals surface area (Å²) in [4.78, 5) is 25.7. The average Bonchev–Trinajstić information content (AvgIpc) is 3.35. The molecule has 34 heavy (non-hydrogen) atoms. The molecule has 0 amide bonds. The average molecular weight is 459 g/mol. The number of benzene rings is 1. The van der Waals surface area contributed by atoms with Crippen molar-refractivity contribution in [1.82, 2.24) is 30.2 Å². The number of nitrogens with zero attached hydrogens (tertiary/aromatic N) is 6. The zero-order valence-corrected chi connectivity index (χ0v) is 18.8. The second kappa shape index (κ2) is 9.24. The second-order valence-electron chi connectivity index (χ2n) is 8.32. The van der Waals surface area contributed by atoms with Crippen molar-refractivity contribution in [3.63, 3.8) is 0 Å². The summed E-state index contributed by atoms with van der Waals surface area (Å²) in [5.74, 6) is 3.03. The van der Waals surface area contributed by atoms with E-state index in [-0.39, 0.29) is 0 Å². The van der Waals surface area contributed by atoms with Crippen LogP contribution < -0.4 is 19.9 Å². The fraction of sp³-hybridized carbons (Fsp3) is 0.333. The minimum Gasteiger partial charge on any atom is -0.454 e. The van der Waals surface area contributed by atoms with Gasteiger partial charge in [-0.3, -0.25) is 0 Å². The number of aromatic nitrogens is 5. The third kappa shape index (κ3) is 4.25. The molecule has 6 rings (SSSR count). The molecule has 2 fully saturated rings. The van der Waals surface area contributed by atoms with Crippen molar-refractivity contribution in [2.75, 3.05) is 62.3 Å². The highest BCUT2D eigenvalue weighted by Crippen LogP contribution is 2.30. The predicted molar refractivity (Wildman–Crippen MR) is 130 cm³/mol. The topological polar surface area (TPSA) is 104 Å². The van der Waals surface area contributed by atoms with E-state index in [0.717, 1.165) is 79.1 Å². The zero-order chi connectivity index (χ0) is 22.7. The van der Waals surface area contributed by atoms with Crippen LogP contribution in [0.15, 0.2) is 49.1 Å². The molecule has 4 aromatic rings. The normalized spacial score (nSPS) is 16.7. The molecule has 3 aromatic heterocycles. The Labute approximate surface area is 197 Å². The lowest BCUT2D eigenvalue weighted by atomic mass is 10.1. The maximum atomic E-state index is 5.96. The Balaban J connectivity index is 1.17. The van der Waals surface area contributed by atoms with Gasteiger partial charge in [-0.25, -0.2) is 19.9 Å². The van der Waals surface area contributed by atoms with Crippen molar-refractivity contribution < 1.29 is 9.47 Å². The lowest BCUT2D eigenvalue weighted by molar-refractivity contribution is 0.122. The lowest BCUT2D eigenvalue weighted by Crippen LogP contribution is -2.44. The van der Waals surface area contributed by atoms with Crippen LogP contribution in [-0.4, -0.2) is 77.4 Å². The minimum atomic E-state index is 0.614. The molecule has 5 heterocycles. The maximum absolute atomic E-state index is 5.96. The van der Waals surface area contributed by atoms with Gasteiger partial charge in [0.1, 0.15) is 23.5 Å². The highest BCUT2D eigenvalue weighted by Gasteiger charge is 2.18. The van der Waals surface area contributed by atoms with Crippen molar-refractivity contribution in [3.8, 4) is 22.8 Å². The van der Waals surface area contributed by atoms with Crippen molar-refractivity contribution in [1.29, 1.82) is 0 Å². The summed E-state index contributed by atoms with van der Waals surface area (Å²) >= 11 is 0. The molecular formula is C24H26N8O2. The van der Waals surface area contributed by atoms with Crippen LogP contribution in [0.2, 0.25) is 0 Å². The summed E-state index contributed by atoms with van der Waals surface area (Å²) in [5.41, 5.74) is 2.86. The van der Waals surface area contributed by atoms with Gasteiger partial charge in [0, 0.05) is 45.0 Å². The smallest absolute Gasteiger partial charge is 0.225 e. The van der Waals surface area contributed by atoms with Gasteiger partial charge in [-0.2, -0.15) is 0 Å². The summed E-state index contributed by atoms with van der Waals surface area (Å²) < 4.78 is 11.4. The monoisotopic (exact) mass is 458 g/mol. The molecule has 0 saturated carbocycles. The number of ether oxygens (including phenoxy) is 2. The number of fused-ring (bicyclic) bond motifs is 1. The molecule has 1 aromatic carbocycles. The van der Waals surface area contributed by atoms with Crippen molar-refractivity contribution in [3.05, 3.63) is 49.1 Å². The zero-order valence-electron chi connectivity index (χ0n) is 18.8. The van der Waals surface area contributed by atoms with Gasteiger partial charge >= 0.3 is 0 Å². The van der Waals surface area contributed by atoms with E-state index < -0.39 is 0 Å². The number of anilines is 2. The van der Waals surface area contributed by atoms with E-state index in [1.165, 1.54) is 0 Å². The Kier molecular flexibility index (Phi) is 5.66. The number of aromatic amines is 1. The van der Waals surface area contributed by atoms with Crippen molar-refractivity contribution in [2.45, 2.75) is 0 Å². The van der Waals surface area contributed by atoms with Gasteiger partial charge in [-0.15, -0.1) is 0 Å². The van der Waals surface area contributed by atoms with Gasteiger partial charge in [0.05, 0.1) is 31.0 Å². The maximum Gasteiger partial charge on any atom is 0.225 e. The third-order valence-corrected chi connectivity index (χ3v) is 6.13. The molecule has 174 valence electrons. The van der Waals surface area contributed by atoms with Crippen molar-refractivity contribution >= 4 is 22.8 Å². The number of piperazine rings is 1. The van der Waals surface area contributed by atoms with E-state index in [2.05, 4.69) is 46.1 Å². The Morgan fingerprint density at radius 2 is 1.59 bits per heavy atom. The highest BCUT2D eigenvalue weighted by molar-refractivity contribution is 5.92. The van der Waals surface area contributed by atoms with E-state index in [0.29, 0.717) is 19.0 Å². The summed E-state index contributed by atoms with van der Waals surface area (Å²) in [5, 5.41) is 4.35. The van der Waals surface area contributed by atoms with E-state index in [1.807, 2.05) is 24.3 Å². The first-order chi connectivity index (χ1) is 16.8. The van der Waals surface area contributed by atoms with Gasteiger partial charge < -0.3 is 29.6 Å². The van der Waals surface area contributed by atoms with Gasteiger partial charge in [0.25, 0.3) is 0 Å². The molecule has 2 aliphatic rings. The molecule has 2 saturated heterocycles. The van der Waals surface area contributed by atoms with Crippen LogP contribution in [0.1, 0.15) is 0 Å². The molecule has 0 unspecified atom stereocenters. The van der Waals surface area contributed by atoms with E-state index in [4.69, 9.17) is 9.47 Å². The van der Waals surface area contributed by atoms with Gasteiger partial charge in [0.15, 0.2) is 5.75 Å². The first-order valence-electron chi connectivity index (χ1n) is 11.6. The first-order valence-corrected chi connectivity index (χ1v) is 11.6. The number of nitrogens with one attached hydrogen (secondary N) is 2. The lowest BCUT2D eigenvalue weighted by Gasteiger charge is -2.27. The molecule has 10 nitrogen and oxygen atoms in total. The second-order valence-corrected chi connectivity index (χ2v) is 8.32. The Morgan fingerprint density at radius 3 is 2.35 bits per heavy atom. The minimum absolute atomic E-state index is 0.614. The van der Waals surface area contributed by atoms with Crippen LogP contribution in [0.3, 0.4) is 0 Å². The number of morpholine rings is 1. The van der Waals surface area contributed by atoms with Gasteiger partial charge in [-0.05, 0) is 35.9 Å². The molecule has 0 bridgehead atoms. The Morgan fingerprint density at radius 1 is 0.824 bits per heavy atom. The summed E-state index contributed by atoms with van der Waals surface area (Å²) in [6.45, 7) is 6.82. The molecule has 0 spiro atoms. The number of H-pyrrole nitrogens is 1. The number of hydrogen-bond acceptors (Lipinski definition) is 9. The molecule has 0 atom stereocenters. The third-order valence-electron chi connectivity index (χ3n) is 6.13. The Hall–Kier alpha value is -3.76. The summed E-state index contributed by atoms with van der Waals surface area (Å²) in [6, 6.07) is 10.0. The van der Waals surface area contributed by atoms with Crippen LogP contribution in [0.25, 0.3) is 22.3 Å². The molecule has 2 aliphatic heterocycles. The first kappa shape index (κ1) is 20.8. The highest BCUT2D eigenvalue weighted by atomic mass is 16.5. The van der Waals surface area contributed by atoms with Crippen LogP contribution in [0.4, 0.5) is 11.8 Å². The number of hydrogen-bond donors (Lipinski definition) is 2. The largest absolute Gasteiger partial charge is 0.454 e. The fourth-order valence-corrected chi connectivity index (χ4v) is 4.34.